The quantitative estimate of drug-likeness (QED) is 0.906. The van der Waals surface area contributed by atoms with E-state index >= 15 is 0 Å². The van der Waals surface area contributed by atoms with Crippen molar-refractivity contribution >= 4 is 17.3 Å². The van der Waals surface area contributed by atoms with E-state index < -0.39 is 0 Å². The normalized spacial score (nSPS) is 14.3. The van der Waals surface area contributed by atoms with Gasteiger partial charge in [0.15, 0.2) is 0 Å². The Hall–Kier alpha value is -2.76. The average molecular weight is 343 g/mol. The van der Waals surface area contributed by atoms with Gasteiger partial charge in [-0.1, -0.05) is 0 Å². The molecule has 6 heteroatoms. The predicted octanol–water partition coefficient (Wildman–Crippen LogP) is 2.60. The molecule has 0 atom stereocenters. The van der Waals surface area contributed by atoms with Gasteiger partial charge in [0.2, 0.25) is 5.91 Å². The first-order valence-electron chi connectivity index (χ1n) is 8.32. The fourth-order valence-electron chi connectivity index (χ4n) is 2.86. The summed E-state index contributed by atoms with van der Waals surface area (Å²) in [5, 5.41) is 3.04. The van der Waals surface area contributed by atoms with Gasteiger partial charge in [-0.05, 0) is 48.5 Å². The second-order valence-corrected chi connectivity index (χ2v) is 5.93. The van der Waals surface area contributed by atoms with Gasteiger partial charge in [-0.3, -0.25) is 4.79 Å². The molecule has 2 aromatic carbocycles. The Labute approximate surface area is 147 Å². The van der Waals surface area contributed by atoms with Crippen molar-refractivity contribution in [2.45, 2.75) is 0 Å². The van der Waals surface area contributed by atoms with Crippen LogP contribution < -0.4 is 15.0 Å². The molecule has 3 rings (SSSR count). The molecule has 1 amide bonds. The van der Waals surface area contributed by atoms with E-state index in [-0.39, 0.29) is 18.3 Å². The Balaban J connectivity index is 1.47. The molecule has 25 heavy (non-hydrogen) atoms. The Kier molecular flexibility index (Phi) is 5.38. The second kappa shape index (κ2) is 7.88. The highest BCUT2D eigenvalue weighted by molar-refractivity contribution is 5.81. The maximum Gasteiger partial charge on any atom is 0.241 e. The van der Waals surface area contributed by atoms with Crippen LogP contribution in [0.15, 0.2) is 48.5 Å². The molecule has 1 aliphatic rings. The van der Waals surface area contributed by atoms with Gasteiger partial charge in [-0.15, -0.1) is 0 Å². The molecule has 1 N–H and O–H groups in total. The summed E-state index contributed by atoms with van der Waals surface area (Å²) in [5.74, 6) is 0.606. The van der Waals surface area contributed by atoms with E-state index in [1.165, 1.54) is 12.1 Å². The number of amides is 1. The van der Waals surface area contributed by atoms with Crippen LogP contribution in [0.3, 0.4) is 0 Å². The third kappa shape index (κ3) is 4.41. The van der Waals surface area contributed by atoms with Gasteiger partial charge in [-0.25, -0.2) is 4.39 Å². The largest absolute Gasteiger partial charge is 0.497 e. The molecule has 132 valence electrons. The summed E-state index contributed by atoms with van der Waals surface area (Å²) in [6.07, 6.45) is 0. The van der Waals surface area contributed by atoms with Crippen molar-refractivity contribution in [1.29, 1.82) is 0 Å². The Bertz CT molecular complexity index is 696. The van der Waals surface area contributed by atoms with Gasteiger partial charge < -0.3 is 19.9 Å². The van der Waals surface area contributed by atoms with E-state index in [0.717, 1.165) is 30.2 Å². The maximum atomic E-state index is 12.9. The van der Waals surface area contributed by atoms with Gasteiger partial charge in [0.1, 0.15) is 11.6 Å². The van der Waals surface area contributed by atoms with Crippen molar-refractivity contribution in [3.8, 4) is 5.75 Å². The number of piperazine rings is 1. The number of hydrogen-bond acceptors (Lipinski definition) is 4. The van der Waals surface area contributed by atoms with Crippen LogP contribution in [0.5, 0.6) is 5.75 Å². The maximum absolute atomic E-state index is 12.9. The lowest BCUT2D eigenvalue weighted by molar-refractivity contribution is -0.129. The van der Waals surface area contributed by atoms with Crippen molar-refractivity contribution in [1.82, 2.24) is 4.90 Å². The Morgan fingerprint density at radius 1 is 1.04 bits per heavy atom. The molecule has 1 fully saturated rings. The Morgan fingerprint density at radius 3 is 2.28 bits per heavy atom. The van der Waals surface area contributed by atoms with E-state index in [9.17, 15) is 9.18 Å². The lowest BCUT2D eigenvalue weighted by Crippen LogP contribution is -2.50. The zero-order chi connectivity index (χ0) is 17.6. The number of ether oxygens (including phenoxy) is 1. The van der Waals surface area contributed by atoms with Crippen molar-refractivity contribution in [3.63, 3.8) is 0 Å². The third-order valence-electron chi connectivity index (χ3n) is 4.36. The summed E-state index contributed by atoms with van der Waals surface area (Å²) in [5.41, 5.74) is 1.88. The number of nitrogens with one attached hydrogen (secondary N) is 1. The highest BCUT2D eigenvalue weighted by atomic mass is 19.1. The predicted molar refractivity (Wildman–Crippen MR) is 96.7 cm³/mol. The van der Waals surface area contributed by atoms with Crippen molar-refractivity contribution < 1.29 is 13.9 Å². The van der Waals surface area contributed by atoms with Crippen LogP contribution in [0.2, 0.25) is 0 Å². The van der Waals surface area contributed by atoms with E-state index in [1.807, 2.05) is 29.2 Å². The molecule has 5 nitrogen and oxygen atoms in total. The van der Waals surface area contributed by atoms with Gasteiger partial charge in [0.25, 0.3) is 0 Å². The number of benzene rings is 2. The molecule has 1 heterocycles. The minimum absolute atomic E-state index is 0.0544. The fraction of sp³-hybridized carbons (Fsp3) is 0.316. The van der Waals surface area contributed by atoms with Crippen molar-refractivity contribution in [3.05, 3.63) is 54.3 Å². The van der Waals surface area contributed by atoms with E-state index in [0.29, 0.717) is 13.1 Å². The van der Waals surface area contributed by atoms with E-state index in [2.05, 4.69) is 10.2 Å². The summed E-state index contributed by atoms with van der Waals surface area (Å²) in [6.45, 7) is 3.20. The zero-order valence-electron chi connectivity index (χ0n) is 14.2. The van der Waals surface area contributed by atoms with Crippen molar-refractivity contribution in [2.24, 2.45) is 0 Å². The van der Waals surface area contributed by atoms with E-state index in [1.54, 1.807) is 19.2 Å². The summed E-state index contributed by atoms with van der Waals surface area (Å²) in [6, 6.07) is 14.0. The highest BCUT2D eigenvalue weighted by Gasteiger charge is 2.21. The van der Waals surface area contributed by atoms with Crippen LogP contribution in [-0.4, -0.2) is 50.6 Å². The molecule has 0 radical (unpaired) electrons. The molecule has 0 spiro atoms. The van der Waals surface area contributed by atoms with Crippen LogP contribution in [0.4, 0.5) is 15.8 Å². The van der Waals surface area contributed by atoms with Gasteiger partial charge in [0, 0.05) is 37.6 Å². The number of nitrogens with zero attached hydrogens (tertiary/aromatic N) is 2. The molecule has 0 aromatic heterocycles. The lowest BCUT2D eigenvalue weighted by atomic mass is 10.2. The number of carbonyl (C=O) groups excluding carboxylic acids is 1. The molecule has 0 unspecified atom stereocenters. The van der Waals surface area contributed by atoms with Crippen LogP contribution in [0.25, 0.3) is 0 Å². The smallest absolute Gasteiger partial charge is 0.241 e. The summed E-state index contributed by atoms with van der Waals surface area (Å²) < 4.78 is 18.1. The van der Waals surface area contributed by atoms with Crippen molar-refractivity contribution in [2.75, 3.05) is 50.1 Å². The minimum Gasteiger partial charge on any atom is -0.497 e. The second-order valence-electron chi connectivity index (χ2n) is 5.93. The van der Waals surface area contributed by atoms with Gasteiger partial charge in [0.05, 0.1) is 13.7 Å². The molecular formula is C19H22FN3O2. The molecule has 0 saturated carbocycles. The van der Waals surface area contributed by atoms with Crippen LogP contribution in [0, 0.1) is 5.82 Å². The fourth-order valence-corrected chi connectivity index (χ4v) is 2.86. The average Bonchev–Trinajstić information content (AvgIpc) is 2.67. The number of carbonyl (C=O) groups is 1. The van der Waals surface area contributed by atoms with Crippen LogP contribution in [0.1, 0.15) is 0 Å². The Morgan fingerprint density at radius 2 is 1.68 bits per heavy atom. The number of halogens is 1. The molecule has 2 aromatic rings. The highest BCUT2D eigenvalue weighted by Crippen LogP contribution is 2.20. The van der Waals surface area contributed by atoms with E-state index in [4.69, 9.17) is 4.74 Å². The molecular weight excluding hydrogens is 321 g/mol. The number of methoxy groups -OCH3 is 1. The first-order chi connectivity index (χ1) is 12.2. The first-order valence-corrected chi connectivity index (χ1v) is 8.32. The SMILES string of the molecule is COc1ccc(N2CCN(C(=O)CNc3ccc(F)cc3)CC2)cc1. The van der Waals surface area contributed by atoms with Gasteiger partial charge >= 0.3 is 0 Å². The summed E-state index contributed by atoms with van der Waals surface area (Å²) >= 11 is 0. The minimum atomic E-state index is -0.286. The summed E-state index contributed by atoms with van der Waals surface area (Å²) in [4.78, 5) is 16.4. The van der Waals surface area contributed by atoms with Gasteiger partial charge in [-0.2, -0.15) is 0 Å². The zero-order valence-corrected chi connectivity index (χ0v) is 14.2. The topological polar surface area (TPSA) is 44.8 Å². The molecule has 0 bridgehead atoms. The summed E-state index contributed by atoms with van der Waals surface area (Å²) in [7, 11) is 1.65. The van der Waals surface area contributed by atoms with Crippen LogP contribution >= 0.6 is 0 Å². The molecule has 1 aliphatic heterocycles. The number of rotatable bonds is 5. The number of hydrogen-bond donors (Lipinski definition) is 1. The standard InChI is InChI=1S/C19H22FN3O2/c1-25-18-8-6-17(7-9-18)22-10-12-23(13-11-22)19(24)14-21-16-4-2-15(20)3-5-16/h2-9,21H,10-14H2,1H3. The number of anilines is 2. The lowest BCUT2D eigenvalue weighted by Gasteiger charge is -2.36. The first kappa shape index (κ1) is 17.1. The third-order valence-corrected chi connectivity index (χ3v) is 4.36. The molecule has 1 saturated heterocycles. The molecule has 0 aliphatic carbocycles. The monoisotopic (exact) mass is 343 g/mol. The van der Waals surface area contributed by atoms with Crippen LogP contribution in [-0.2, 0) is 4.79 Å².